The highest BCUT2D eigenvalue weighted by Gasteiger charge is 2.22. The summed E-state index contributed by atoms with van der Waals surface area (Å²) in [6.45, 7) is 5.49. The summed E-state index contributed by atoms with van der Waals surface area (Å²) in [7, 11) is 2.09. The number of carbonyl (C=O) groups excluding carboxylic acids is 2. The molecule has 0 saturated carbocycles. The lowest BCUT2D eigenvalue weighted by atomic mass is 9.93. The van der Waals surface area contributed by atoms with E-state index in [2.05, 4.69) is 22.6 Å². The molecule has 1 aromatic carbocycles. The molecule has 0 bridgehead atoms. The Morgan fingerprint density at radius 2 is 1.89 bits per heavy atom. The number of likely N-dealkylation sites (N-methyl/N-ethyl adjacent to an activating group) is 1. The number of benzene rings is 1. The van der Waals surface area contributed by atoms with Crippen LogP contribution < -0.4 is 10.6 Å². The van der Waals surface area contributed by atoms with E-state index in [4.69, 9.17) is 0 Å². The van der Waals surface area contributed by atoms with Crippen LogP contribution in [0.1, 0.15) is 42.5 Å². The molecule has 0 radical (unpaired) electrons. The van der Waals surface area contributed by atoms with Gasteiger partial charge in [0.2, 0.25) is 5.91 Å². The maximum Gasteiger partial charge on any atom is 0.256 e. The SMILES string of the molecule is CN1CCCN(C(=O)c2ccccc2NC(=O)CCC2CCNCC2)CC1. The van der Waals surface area contributed by atoms with Gasteiger partial charge in [-0.25, -0.2) is 0 Å². The van der Waals surface area contributed by atoms with E-state index in [9.17, 15) is 9.59 Å². The lowest BCUT2D eigenvalue weighted by Gasteiger charge is -2.23. The molecule has 3 rings (SSSR count). The van der Waals surface area contributed by atoms with Crippen molar-refractivity contribution in [3.63, 3.8) is 0 Å². The Morgan fingerprint density at radius 1 is 1.11 bits per heavy atom. The lowest BCUT2D eigenvalue weighted by Crippen LogP contribution is -2.35. The minimum absolute atomic E-state index is 0.00406. The molecular weight excluding hydrogens is 340 g/mol. The lowest BCUT2D eigenvalue weighted by molar-refractivity contribution is -0.116. The molecule has 1 aromatic rings. The number of nitrogens with zero attached hydrogens (tertiary/aromatic N) is 2. The van der Waals surface area contributed by atoms with Gasteiger partial charge in [0.05, 0.1) is 11.3 Å². The van der Waals surface area contributed by atoms with Crippen molar-refractivity contribution in [2.24, 2.45) is 5.92 Å². The Morgan fingerprint density at radius 3 is 2.70 bits per heavy atom. The van der Waals surface area contributed by atoms with E-state index in [1.807, 2.05) is 29.2 Å². The number of amides is 2. The highest BCUT2D eigenvalue weighted by atomic mass is 16.2. The van der Waals surface area contributed by atoms with Crippen LogP contribution in [0.15, 0.2) is 24.3 Å². The van der Waals surface area contributed by atoms with Crippen LogP contribution in [-0.4, -0.2) is 67.9 Å². The zero-order valence-electron chi connectivity index (χ0n) is 16.4. The molecule has 2 aliphatic heterocycles. The summed E-state index contributed by atoms with van der Waals surface area (Å²) in [5, 5.41) is 6.34. The number of rotatable bonds is 5. The van der Waals surface area contributed by atoms with E-state index in [1.54, 1.807) is 0 Å². The maximum absolute atomic E-state index is 13.0. The Kier molecular flexibility index (Phi) is 7.24. The molecule has 2 heterocycles. The molecule has 2 fully saturated rings. The second-order valence-electron chi connectivity index (χ2n) is 7.77. The zero-order valence-corrected chi connectivity index (χ0v) is 16.4. The normalized spacial score (nSPS) is 19.5. The summed E-state index contributed by atoms with van der Waals surface area (Å²) < 4.78 is 0. The first-order valence-electron chi connectivity index (χ1n) is 10.2. The Labute approximate surface area is 162 Å². The molecule has 6 nitrogen and oxygen atoms in total. The number of nitrogens with one attached hydrogen (secondary N) is 2. The van der Waals surface area contributed by atoms with Crippen molar-refractivity contribution in [3.05, 3.63) is 29.8 Å². The topological polar surface area (TPSA) is 64.7 Å². The van der Waals surface area contributed by atoms with Crippen LogP contribution in [0, 0.1) is 5.92 Å². The Bertz CT molecular complexity index is 643. The molecule has 2 aliphatic rings. The summed E-state index contributed by atoms with van der Waals surface area (Å²) >= 11 is 0. The van der Waals surface area contributed by atoms with Gasteiger partial charge in [-0.15, -0.1) is 0 Å². The van der Waals surface area contributed by atoms with E-state index < -0.39 is 0 Å². The third-order valence-electron chi connectivity index (χ3n) is 5.68. The molecule has 27 heavy (non-hydrogen) atoms. The van der Waals surface area contributed by atoms with Gasteiger partial charge in [0.1, 0.15) is 0 Å². The number of anilines is 1. The monoisotopic (exact) mass is 372 g/mol. The van der Waals surface area contributed by atoms with Gasteiger partial charge in [0, 0.05) is 26.1 Å². The smallest absolute Gasteiger partial charge is 0.256 e. The van der Waals surface area contributed by atoms with Crippen LogP contribution in [0.3, 0.4) is 0 Å². The molecule has 2 N–H and O–H groups in total. The predicted molar refractivity (Wildman–Crippen MR) is 108 cm³/mol. The maximum atomic E-state index is 13.0. The second-order valence-corrected chi connectivity index (χ2v) is 7.77. The molecule has 148 valence electrons. The molecule has 2 saturated heterocycles. The van der Waals surface area contributed by atoms with Crippen LogP contribution >= 0.6 is 0 Å². The predicted octanol–water partition coefficient (Wildman–Crippen LogP) is 2.18. The Balaban J connectivity index is 1.59. The summed E-state index contributed by atoms with van der Waals surface area (Å²) in [6.07, 6.45) is 4.70. The van der Waals surface area contributed by atoms with Crippen LogP contribution in [0.25, 0.3) is 0 Å². The van der Waals surface area contributed by atoms with E-state index in [0.29, 0.717) is 23.6 Å². The Hall–Kier alpha value is -1.92. The highest BCUT2D eigenvalue weighted by molar-refractivity contribution is 6.03. The first-order chi connectivity index (χ1) is 13.1. The number of hydrogen-bond acceptors (Lipinski definition) is 4. The summed E-state index contributed by atoms with van der Waals surface area (Å²) in [4.78, 5) is 29.6. The fourth-order valence-corrected chi connectivity index (χ4v) is 3.92. The van der Waals surface area contributed by atoms with Gasteiger partial charge in [-0.05, 0) is 70.4 Å². The first-order valence-corrected chi connectivity index (χ1v) is 10.2. The largest absolute Gasteiger partial charge is 0.337 e. The van der Waals surface area contributed by atoms with Gasteiger partial charge in [-0.2, -0.15) is 0 Å². The van der Waals surface area contributed by atoms with E-state index in [-0.39, 0.29) is 11.8 Å². The molecule has 6 heteroatoms. The molecule has 2 amide bonds. The summed E-state index contributed by atoms with van der Waals surface area (Å²) in [6, 6.07) is 7.39. The standard InChI is InChI=1S/C21H32N4O2/c1-24-13-4-14-25(16-15-24)21(27)18-5-2-3-6-19(18)23-20(26)8-7-17-9-11-22-12-10-17/h2-3,5-6,17,22H,4,7-16H2,1H3,(H,23,26). The number of hydrogen-bond donors (Lipinski definition) is 2. The summed E-state index contributed by atoms with van der Waals surface area (Å²) in [5.41, 5.74) is 1.23. The van der Waals surface area contributed by atoms with Gasteiger partial charge in [-0.1, -0.05) is 12.1 Å². The molecule has 0 spiro atoms. The average molecular weight is 373 g/mol. The third kappa shape index (κ3) is 5.78. The zero-order chi connectivity index (χ0) is 19.1. The molecule has 0 aromatic heterocycles. The average Bonchev–Trinajstić information content (AvgIpc) is 2.92. The van der Waals surface area contributed by atoms with Crippen LogP contribution in [0.2, 0.25) is 0 Å². The fraction of sp³-hybridized carbons (Fsp3) is 0.619. The third-order valence-corrected chi connectivity index (χ3v) is 5.68. The van der Waals surface area contributed by atoms with E-state index in [0.717, 1.165) is 65.0 Å². The molecular formula is C21H32N4O2. The van der Waals surface area contributed by atoms with Crippen LogP contribution in [-0.2, 0) is 4.79 Å². The van der Waals surface area contributed by atoms with Crippen molar-refractivity contribution in [1.82, 2.24) is 15.1 Å². The van der Waals surface area contributed by atoms with Crippen LogP contribution in [0.5, 0.6) is 0 Å². The number of carbonyl (C=O) groups is 2. The van der Waals surface area contributed by atoms with Gasteiger partial charge < -0.3 is 20.4 Å². The van der Waals surface area contributed by atoms with E-state index >= 15 is 0 Å². The quantitative estimate of drug-likeness (QED) is 0.832. The van der Waals surface area contributed by atoms with Gasteiger partial charge in [0.25, 0.3) is 5.91 Å². The minimum Gasteiger partial charge on any atom is -0.337 e. The van der Waals surface area contributed by atoms with Crippen molar-refractivity contribution < 1.29 is 9.59 Å². The number of para-hydroxylation sites is 1. The van der Waals surface area contributed by atoms with Crippen molar-refractivity contribution in [1.29, 1.82) is 0 Å². The van der Waals surface area contributed by atoms with Crippen molar-refractivity contribution >= 4 is 17.5 Å². The van der Waals surface area contributed by atoms with Crippen molar-refractivity contribution in [2.75, 3.05) is 51.6 Å². The molecule has 0 aliphatic carbocycles. The van der Waals surface area contributed by atoms with Crippen LogP contribution in [0.4, 0.5) is 5.69 Å². The first kappa shape index (κ1) is 19.8. The summed E-state index contributed by atoms with van der Waals surface area (Å²) in [5.74, 6) is 0.645. The highest BCUT2D eigenvalue weighted by Crippen LogP contribution is 2.21. The van der Waals surface area contributed by atoms with Crippen molar-refractivity contribution in [2.45, 2.75) is 32.1 Å². The molecule has 0 atom stereocenters. The van der Waals surface area contributed by atoms with Gasteiger partial charge >= 0.3 is 0 Å². The van der Waals surface area contributed by atoms with Gasteiger partial charge in [-0.3, -0.25) is 9.59 Å². The van der Waals surface area contributed by atoms with Gasteiger partial charge in [0.15, 0.2) is 0 Å². The molecule has 0 unspecified atom stereocenters. The number of piperidine rings is 1. The van der Waals surface area contributed by atoms with E-state index in [1.165, 1.54) is 0 Å². The van der Waals surface area contributed by atoms with Crippen molar-refractivity contribution in [3.8, 4) is 0 Å². The fourth-order valence-electron chi connectivity index (χ4n) is 3.92. The second kappa shape index (κ2) is 9.85. The minimum atomic E-state index is 0.00406.